The van der Waals surface area contributed by atoms with E-state index in [0.29, 0.717) is 5.25 Å². The van der Waals surface area contributed by atoms with Gasteiger partial charge in [-0.15, -0.1) is 0 Å². The lowest BCUT2D eigenvalue weighted by molar-refractivity contribution is 0.275. The number of amidine groups is 1. The van der Waals surface area contributed by atoms with E-state index in [0.717, 1.165) is 23.2 Å². The number of hydrogen-bond acceptors (Lipinski definition) is 5. The summed E-state index contributed by atoms with van der Waals surface area (Å²) in [6.07, 6.45) is 3.56. The average Bonchev–Trinajstić information content (AvgIpc) is 3.14. The van der Waals surface area contributed by atoms with E-state index in [2.05, 4.69) is 16.8 Å². The Bertz CT molecular complexity index is 626. The second kappa shape index (κ2) is 4.66. The Morgan fingerprint density at radius 1 is 1.30 bits per heavy atom. The smallest absolute Gasteiger partial charge is 0.161 e. The monoisotopic (exact) mass is 285 g/mol. The molecule has 20 heavy (non-hydrogen) atoms. The SMILES string of the molecule is C[C@@H]1CN2C(=N[C@H](c3ccccn3)[C@@H]2c2ccco2)S1. The van der Waals surface area contributed by atoms with E-state index in [4.69, 9.17) is 9.41 Å². The number of aliphatic imine (C=N–C) groups is 1. The van der Waals surface area contributed by atoms with Gasteiger partial charge < -0.3 is 9.32 Å². The van der Waals surface area contributed by atoms with Crippen molar-refractivity contribution >= 4 is 16.9 Å². The first kappa shape index (κ1) is 12.0. The van der Waals surface area contributed by atoms with Crippen LogP contribution in [0.1, 0.15) is 30.5 Å². The van der Waals surface area contributed by atoms with E-state index in [-0.39, 0.29) is 12.1 Å². The topological polar surface area (TPSA) is 41.6 Å². The maximum absolute atomic E-state index is 5.66. The van der Waals surface area contributed by atoms with Crippen LogP contribution in [0.25, 0.3) is 0 Å². The Hall–Kier alpha value is -1.75. The number of furan rings is 1. The third-order valence-electron chi connectivity index (χ3n) is 3.72. The van der Waals surface area contributed by atoms with Gasteiger partial charge in [-0.05, 0) is 24.3 Å². The van der Waals surface area contributed by atoms with Crippen LogP contribution in [0.3, 0.4) is 0 Å². The molecule has 0 amide bonds. The van der Waals surface area contributed by atoms with Crippen LogP contribution >= 0.6 is 11.8 Å². The van der Waals surface area contributed by atoms with E-state index in [1.54, 1.807) is 6.26 Å². The standard InChI is InChI=1S/C15H15N3OS/c1-10-9-18-14(12-6-4-8-19-12)13(17-15(18)20-10)11-5-2-3-7-16-11/h2-8,10,13-14H,9H2,1H3/t10-,13-,14+/m1/s1. The summed E-state index contributed by atoms with van der Waals surface area (Å²) in [4.78, 5) is 11.7. The number of hydrogen-bond donors (Lipinski definition) is 0. The molecule has 0 aliphatic carbocycles. The third kappa shape index (κ3) is 1.85. The molecule has 3 atom stereocenters. The molecule has 2 aromatic heterocycles. The van der Waals surface area contributed by atoms with Crippen molar-refractivity contribution in [3.05, 3.63) is 54.2 Å². The van der Waals surface area contributed by atoms with Crippen LogP contribution in [0, 0.1) is 0 Å². The van der Waals surface area contributed by atoms with Crippen molar-refractivity contribution < 1.29 is 4.42 Å². The fraction of sp³-hybridized carbons (Fsp3) is 0.333. The van der Waals surface area contributed by atoms with Crippen molar-refractivity contribution in [2.45, 2.75) is 24.3 Å². The second-order valence-corrected chi connectivity index (χ2v) is 6.56. The first-order chi connectivity index (χ1) is 9.83. The summed E-state index contributed by atoms with van der Waals surface area (Å²) in [5.41, 5.74) is 1.00. The fourth-order valence-corrected chi connectivity index (χ4v) is 3.98. The summed E-state index contributed by atoms with van der Waals surface area (Å²) in [5.74, 6) is 0.967. The first-order valence-corrected chi connectivity index (χ1v) is 7.66. The highest BCUT2D eigenvalue weighted by Crippen LogP contribution is 2.47. The zero-order valence-electron chi connectivity index (χ0n) is 11.1. The molecule has 0 saturated carbocycles. The molecule has 4 heterocycles. The van der Waals surface area contributed by atoms with Gasteiger partial charge in [0.15, 0.2) is 5.17 Å². The molecule has 4 nitrogen and oxygen atoms in total. The number of nitrogens with zero attached hydrogens (tertiary/aromatic N) is 3. The van der Waals surface area contributed by atoms with E-state index < -0.39 is 0 Å². The molecule has 102 valence electrons. The maximum Gasteiger partial charge on any atom is 0.161 e. The zero-order valence-corrected chi connectivity index (χ0v) is 12.0. The highest BCUT2D eigenvalue weighted by Gasteiger charge is 2.44. The lowest BCUT2D eigenvalue weighted by Gasteiger charge is -2.24. The molecule has 4 rings (SSSR count). The summed E-state index contributed by atoms with van der Waals surface area (Å²) in [7, 11) is 0. The van der Waals surface area contributed by atoms with Gasteiger partial charge in [-0.2, -0.15) is 0 Å². The largest absolute Gasteiger partial charge is 0.467 e. The van der Waals surface area contributed by atoms with Crippen molar-refractivity contribution in [2.24, 2.45) is 4.99 Å². The number of fused-ring (bicyclic) bond motifs is 1. The van der Waals surface area contributed by atoms with Gasteiger partial charge >= 0.3 is 0 Å². The predicted octanol–water partition coefficient (Wildman–Crippen LogP) is 3.26. The molecule has 2 aromatic rings. The van der Waals surface area contributed by atoms with Gasteiger partial charge in [0.05, 0.1) is 12.0 Å². The van der Waals surface area contributed by atoms with Gasteiger partial charge in [0.2, 0.25) is 0 Å². The minimum absolute atomic E-state index is 0.0253. The molecule has 0 radical (unpaired) electrons. The van der Waals surface area contributed by atoms with Crippen molar-refractivity contribution in [3.8, 4) is 0 Å². The van der Waals surface area contributed by atoms with E-state index in [1.807, 2.05) is 48.3 Å². The summed E-state index contributed by atoms with van der Waals surface area (Å²) in [6.45, 7) is 3.25. The molecular formula is C15H15N3OS. The third-order valence-corrected chi connectivity index (χ3v) is 4.82. The first-order valence-electron chi connectivity index (χ1n) is 6.78. The Labute approximate surface area is 121 Å². The lowest BCUT2D eigenvalue weighted by atomic mass is 10.0. The van der Waals surface area contributed by atoms with Crippen molar-refractivity contribution in [1.82, 2.24) is 9.88 Å². The number of rotatable bonds is 2. The summed E-state index contributed by atoms with van der Waals surface area (Å²) < 4.78 is 5.66. The molecule has 0 spiro atoms. The zero-order chi connectivity index (χ0) is 13.5. The molecule has 1 fully saturated rings. The van der Waals surface area contributed by atoms with Crippen LogP contribution in [0.15, 0.2) is 52.2 Å². The molecule has 0 aromatic carbocycles. The average molecular weight is 285 g/mol. The van der Waals surface area contributed by atoms with E-state index in [1.165, 1.54) is 0 Å². The normalized spacial score (nSPS) is 28.6. The molecular weight excluding hydrogens is 270 g/mol. The van der Waals surface area contributed by atoms with Crippen LogP contribution in [0.4, 0.5) is 0 Å². The van der Waals surface area contributed by atoms with Crippen molar-refractivity contribution in [1.29, 1.82) is 0 Å². The predicted molar refractivity (Wildman–Crippen MR) is 79.6 cm³/mol. The molecule has 0 unspecified atom stereocenters. The Balaban J connectivity index is 1.77. The van der Waals surface area contributed by atoms with E-state index >= 15 is 0 Å². The van der Waals surface area contributed by atoms with Crippen LogP contribution in [-0.4, -0.2) is 26.8 Å². The Morgan fingerprint density at radius 2 is 2.25 bits per heavy atom. The summed E-state index contributed by atoms with van der Waals surface area (Å²) in [6, 6.07) is 10.1. The number of pyridine rings is 1. The van der Waals surface area contributed by atoms with Crippen molar-refractivity contribution in [2.75, 3.05) is 6.54 Å². The lowest BCUT2D eigenvalue weighted by Crippen LogP contribution is -2.28. The van der Waals surface area contributed by atoms with Crippen LogP contribution in [0.5, 0.6) is 0 Å². The molecule has 2 aliphatic heterocycles. The second-order valence-electron chi connectivity index (χ2n) is 5.15. The highest BCUT2D eigenvalue weighted by atomic mass is 32.2. The minimum atomic E-state index is 0.0253. The summed E-state index contributed by atoms with van der Waals surface area (Å²) >= 11 is 1.84. The van der Waals surface area contributed by atoms with Crippen LogP contribution < -0.4 is 0 Å². The van der Waals surface area contributed by atoms with Gasteiger partial charge in [-0.3, -0.25) is 4.98 Å². The number of thioether (sulfide) groups is 1. The fourth-order valence-electron chi connectivity index (χ4n) is 2.88. The summed E-state index contributed by atoms with van der Waals surface area (Å²) in [5, 5.41) is 1.70. The van der Waals surface area contributed by atoms with Crippen molar-refractivity contribution in [3.63, 3.8) is 0 Å². The molecule has 1 saturated heterocycles. The number of aromatic nitrogens is 1. The molecule has 2 aliphatic rings. The molecule has 0 N–H and O–H groups in total. The van der Waals surface area contributed by atoms with Crippen LogP contribution in [-0.2, 0) is 0 Å². The maximum atomic E-state index is 5.66. The quantitative estimate of drug-likeness (QED) is 0.849. The van der Waals surface area contributed by atoms with Crippen LogP contribution in [0.2, 0.25) is 0 Å². The Morgan fingerprint density at radius 3 is 3.00 bits per heavy atom. The molecule has 5 heteroatoms. The van der Waals surface area contributed by atoms with Gasteiger partial charge in [-0.25, -0.2) is 4.99 Å². The van der Waals surface area contributed by atoms with Gasteiger partial charge in [-0.1, -0.05) is 24.8 Å². The van der Waals surface area contributed by atoms with Gasteiger partial charge in [0.25, 0.3) is 0 Å². The molecule has 0 bridgehead atoms. The van der Waals surface area contributed by atoms with Gasteiger partial charge in [0.1, 0.15) is 17.8 Å². The minimum Gasteiger partial charge on any atom is -0.467 e. The van der Waals surface area contributed by atoms with Gasteiger partial charge in [0, 0.05) is 18.0 Å². The van der Waals surface area contributed by atoms with E-state index in [9.17, 15) is 0 Å². The Kier molecular flexibility index (Phi) is 2.80. The highest BCUT2D eigenvalue weighted by molar-refractivity contribution is 8.14.